The molecule has 2 fully saturated rings. The molecule has 106 valence electrons. The van der Waals surface area contributed by atoms with Crippen LogP contribution in [0, 0.1) is 29.1 Å². The van der Waals surface area contributed by atoms with E-state index in [1.54, 1.807) is 0 Å². The van der Waals surface area contributed by atoms with E-state index in [0.29, 0.717) is 5.41 Å². The van der Waals surface area contributed by atoms with Crippen molar-refractivity contribution in [3.8, 4) is 0 Å². The standard InChI is InChI=1S/C17H33N/c1-17(2,3)15-10-9-14(12-18-4)16(11-15)13-7-5-6-8-13/h13-16,18H,5-12H2,1-4H3. The van der Waals surface area contributed by atoms with Gasteiger partial charge in [-0.05, 0) is 61.9 Å². The second kappa shape index (κ2) is 5.94. The van der Waals surface area contributed by atoms with Crippen LogP contribution in [0.3, 0.4) is 0 Å². The van der Waals surface area contributed by atoms with E-state index in [1.165, 1.54) is 51.5 Å². The fourth-order valence-corrected chi connectivity index (χ4v) is 4.53. The Morgan fingerprint density at radius 3 is 2.22 bits per heavy atom. The molecular weight excluding hydrogens is 218 g/mol. The SMILES string of the molecule is CNCC1CCC(C(C)(C)C)CC1C1CCCC1. The van der Waals surface area contributed by atoms with Gasteiger partial charge in [-0.3, -0.25) is 0 Å². The fourth-order valence-electron chi connectivity index (χ4n) is 4.53. The molecule has 0 spiro atoms. The largest absolute Gasteiger partial charge is 0.319 e. The molecule has 0 heterocycles. The summed E-state index contributed by atoms with van der Waals surface area (Å²) in [6.45, 7) is 8.59. The molecule has 0 aromatic heterocycles. The molecule has 0 radical (unpaired) electrons. The van der Waals surface area contributed by atoms with Gasteiger partial charge in [-0.1, -0.05) is 46.5 Å². The molecule has 0 bridgehead atoms. The van der Waals surface area contributed by atoms with Crippen LogP contribution in [0.2, 0.25) is 0 Å². The van der Waals surface area contributed by atoms with Gasteiger partial charge in [0, 0.05) is 0 Å². The van der Waals surface area contributed by atoms with Gasteiger partial charge in [0.1, 0.15) is 0 Å². The number of rotatable bonds is 3. The van der Waals surface area contributed by atoms with Gasteiger partial charge >= 0.3 is 0 Å². The van der Waals surface area contributed by atoms with Crippen molar-refractivity contribution in [2.75, 3.05) is 13.6 Å². The third kappa shape index (κ3) is 3.29. The summed E-state index contributed by atoms with van der Waals surface area (Å²) in [4.78, 5) is 0. The number of hydrogen-bond donors (Lipinski definition) is 1. The maximum absolute atomic E-state index is 3.44. The molecule has 1 nitrogen and oxygen atoms in total. The maximum atomic E-state index is 3.44. The van der Waals surface area contributed by atoms with Crippen LogP contribution in [0.25, 0.3) is 0 Å². The zero-order chi connectivity index (χ0) is 13.2. The van der Waals surface area contributed by atoms with Gasteiger partial charge in [0.25, 0.3) is 0 Å². The molecule has 0 aliphatic heterocycles. The highest BCUT2D eigenvalue weighted by Crippen LogP contribution is 2.48. The normalized spacial score (nSPS) is 35.0. The lowest BCUT2D eigenvalue weighted by Gasteiger charge is -2.44. The van der Waals surface area contributed by atoms with Crippen molar-refractivity contribution in [3.63, 3.8) is 0 Å². The van der Waals surface area contributed by atoms with Gasteiger partial charge in [-0.2, -0.15) is 0 Å². The molecule has 0 saturated heterocycles. The van der Waals surface area contributed by atoms with Crippen LogP contribution in [0.4, 0.5) is 0 Å². The summed E-state index contributed by atoms with van der Waals surface area (Å²) in [5.74, 6) is 3.97. The minimum Gasteiger partial charge on any atom is -0.319 e. The van der Waals surface area contributed by atoms with Crippen molar-refractivity contribution in [1.82, 2.24) is 5.32 Å². The predicted octanol–water partition coefficient (Wildman–Crippen LogP) is 4.47. The highest BCUT2D eigenvalue weighted by molar-refractivity contribution is 4.90. The molecule has 3 atom stereocenters. The van der Waals surface area contributed by atoms with Crippen molar-refractivity contribution in [2.24, 2.45) is 29.1 Å². The van der Waals surface area contributed by atoms with E-state index < -0.39 is 0 Å². The predicted molar refractivity (Wildman–Crippen MR) is 79.7 cm³/mol. The Labute approximate surface area is 114 Å². The Morgan fingerprint density at radius 2 is 1.67 bits per heavy atom. The Morgan fingerprint density at radius 1 is 1.00 bits per heavy atom. The monoisotopic (exact) mass is 251 g/mol. The molecule has 2 rings (SSSR count). The van der Waals surface area contributed by atoms with Crippen molar-refractivity contribution >= 4 is 0 Å². The first-order valence-corrected chi connectivity index (χ1v) is 8.17. The second-order valence-electron chi connectivity index (χ2n) is 7.90. The maximum Gasteiger partial charge on any atom is -0.00208 e. The fraction of sp³-hybridized carbons (Fsp3) is 1.00. The minimum atomic E-state index is 0.515. The Balaban J connectivity index is 2.03. The molecule has 2 aliphatic carbocycles. The molecule has 2 saturated carbocycles. The summed E-state index contributed by atoms with van der Waals surface area (Å²) in [6.07, 6.45) is 10.4. The lowest BCUT2D eigenvalue weighted by molar-refractivity contribution is 0.0657. The molecule has 18 heavy (non-hydrogen) atoms. The lowest BCUT2D eigenvalue weighted by Crippen LogP contribution is -2.38. The van der Waals surface area contributed by atoms with E-state index in [-0.39, 0.29) is 0 Å². The van der Waals surface area contributed by atoms with Gasteiger partial charge in [0.2, 0.25) is 0 Å². The van der Waals surface area contributed by atoms with Crippen molar-refractivity contribution in [1.29, 1.82) is 0 Å². The van der Waals surface area contributed by atoms with E-state index in [9.17, 15) is 0 Å². The summed E-state index contributed by atoms with van der Waals surface area (Å²) >= 11 is 0. The summed E-state index contributed by atoms with van der Waals surface area (Å²) in [5.41, 5.74) is 0.515. The van der Waals surface area contributed by atoms with Crippen molar-refractivity contribution in [2.45, 2.75) is 65.7 Å². The molecule has 0 aromatic rings. The van der Waals surface area contributed by atoms with Gasteiger partial charge < -0.3 is 5.32 Å². The average molecular weight is 251 g/mol. The molecular formula is C17H33N. The molecule has 1 N–H and O–H groups in total. The van der Waals surface area contributed by atoms with E-state index >= 15 is 0 Å². The molecule has 1 heteroatoms. The van der Waals surface area contributed by atoms with Crippen LogP contribution in [0.1, 0.15) is 65.7 Å². The van der Waals surface area contributed by atoms with E-state index in [4.69, 9.17) is 0 Å². The van der Waals surface area contributed by atoms with Crippen LogP contribution < -0.4 is 5.32 Å². The zero-order valence-electron chi connectivity index (χ0n) is 13.0. The van der Waals surface area contributed by atoms with Crippen LogP contribution in [-0.2, 0) is 0 Å². The first-order valence-electron chi connectivity index (χ1n) is 8.17. The molecule has 2 aliphatic rings. The quantitative estimate of drug-likeness (QED) is 0.780. The smallest absolute Gasteiger partial charge is 0.00208 e. The summed E-state index contributed by atoms with van der Waals surface area (Å²) in [5, 5.41) is 3.44. The first-order chi connectivity index (χ1) is 8.52. The average Bonchev–Trinajstić information content (AvgIpc) is 2.82. The Kier molecular flexibility index (Phi) is 4.75. The summed E-state index contributed by atoms with van der Waals surface area (Å²) in [6, 6.07) is 0. The third-order valence-corrected chi connectivity index (χ3v) is 5.74. The van der Waals surface area contributed by atoms with Gasteiger partial charge in [-0.15, -0.1) is 0 Å². The Bertz CT molecular complexity index is 247. The number of hydrogen-bond acceptors (Lipinski definition) is 1. The van der Waals surface area contributed by atoms with Crippen LogP contribution in [0.15, 0.2) is 0 Å². The van der Waals surface area contributed by atoms with Crippen LogP contribution in [-0.4, -0.2) is 13.6 Å². The van der Waals surface area contributed by atoms with Crippen molar-refractivity contribution in [3.05, 3.63) is 0 Å². The highest BCUT2D eigenvalue weighted by Gasteiger charge is 2.39. The van der Waals surface area contributed by atoms with E-state index in [0.717, 1.165) is 23.7 Å². The topological polar surface area (TPSA) is 12.0 Å². The van der Waals surface area contributed by atoms with E-state index in [1.807, 2.05) is 0 Å². The first kappa shape index (κ1) is 14.4. The van der Waals surface area contributed by atoms with Gasteiger partial charge in [0.05, 0.1) is 0 Å². The van der Waals surface area contributed by atoms with Gasteiger partial charge in [0.15, 0.2) is 0 Å². The molecule has 0 aromatic carbocycles. The molecule has 0 amide bonds. The van der Waals surface area contributed by atoms with E-state index in [2.05, 4.69) is 33.1 Å². The third-order valence-electron chi connectivity index (χ3n) is 5.74. The lowest BCUT2D eigenvalue weighted by atomic mass is 9.62. The van der Waals surface area contributed by atoms with Gasteiger partial charge in [-0.25, -0.2) is 0 Å². The summed E-state index contributed by atoms with van der Waals surface area (Å²) < 4.78 is 0. The van der Waals surface area contributed by atoms with Crippen LogP contribution >= 0.6 is 0 Å². The van der Waals surface area contributed by atoms with Crippen LogP contribution in [0.5, 0.6) is 0 Å². The zero-order valence-corrected chi connectivity index (χ0v) is 13.0. The van der Waals surface area contributed by atoms with Crippen molar-refractivity contribution < 1.29 is 0 Å². The molecule has 3 unspecified atom stereocenters. The minimum absolute atomic E-state index is 0.515. The number of nitrogens with one attached hydrogen (secondary N) is 1. The Hall–Kier alpha value is -0.0400. The summed E-state index contributed by atoms with van der Waals surface area (Å²) in [7, 11) is 2.13. The second-order valence-corrected chi connectivity index (χ2v) is 7.90. The highest BCUT2D eigenvalue weighted by atomic mass is 14.8.